The summed E-state index contributed by atoms with van der Waals surface area (Å²) in [5.41, 5.74) is 7.23. The van der Waals surface area contributed by atoms with Gasteiger partial charge < -0.3 is 10.5 Å². The third-order valence-electron chi connectivity index (χ3n) is 3.26. The molecule has 0 aliphatic heterocycles. The molecule has 0 bridgehead atoms. The van der Waals surface area contributed by atoms with Crippen LogP contribution in [0, 0.1) is 5.82 Å². The molecule has 0 aliphatic rings. The largest absolute Gasteiger partial charge is 0.482 e. The first-order chi connectivity index (χ1) is 11.0. The van der Waals surface area contributed by atoms with Crippen molar-refractivity contribution in [3.8, 4) is 16.3 Å². The van der Waals surface area contributed by atoms with Crippen molar-refractivity contribution in [3.63, 3.8) is 0 Å². The van der Waals surface area contributed by atoms with Crippen LogP contribution in [-0.4, -0.2) is 9.97 Å². The zero-order chi connectivity index (χ0) is 16.4. The van der Waals surface area contributed by atoms with Crippen LogP contribution < -0.4 is 10.5 Å². The molecule has 118 valence electrons. The van der Waals surface area contributed by atoms with E-state index in [2.05, 4.69) is 9.97 Å². The van der Waals surface area contributed by atoms with Crippen LogP contribution in [0.5, 0.6) is 5.75 Å². The van der Waals surface area contributed by atoms with Crippen LogP contribution in [0.1, 0.15) is 18.6 Å². The zero-order valence-corrected chi connectivity index (χ0v) is 13.7. The van der Waals surface area contributed by atoms with E-state index in [1.807, 2.05) is 5.38 Å². The highest BCUT2D eigenvalue weighted by molar-refractivity contribution is 7.13. The van der Waals surface area contributed by atoms with Gasteiger partial charge in [0, 0.05) is 33.9 Å². The number of thiazole rings is 1. The number of anilines is 1. The van der Waals surface area contributed by atoms with E-state index >= 15 is 0 Å². The van der Waals surface area contributed by atoms with Crippen LogP contribution in [0.3, 0.4) is 0 Å². The van der Waals surface area contributed by atoms with Crippen molar-refractivity contribution in [1.82, 2.24) is 9.97 Å². The number of aromatic nitrogens is 2. The maximum atomic E-state index is 13.4. The van der Waals surface area contributed by atoms with Crippen LogP contribution in [0.4, 0.5) is 10.2 Å². The molecule has 0 aliphatic carbocycles. The molecular formula is C16H13ClFN3OS. The second-order valence-corrected chi connectivity index (χ2v) is 6.17. The molecule has 2 heterocycles. The number of hydrogen-bond acceptors (Lipinski definition) is 5. The van der Waals surface area contributed by atoms with E-state index in [0.717, 1.165) is 10.6 Å². The Bertz CT molecular complexity index is 826. The first-order valence-electron chi connectivity index (χ1n) is 6.81. The lowest BCUT2D eigenvalue weighted by molar-refractivity contribution is 0.227. The number of pyridine rings is 1. The number of benzene rings is 1. The minimum Gasteiger partial charge on any atom is -0.482 e. The van der Waals surface area contributed by atoms with Crippen molar-refractivity contribution >= 4 is 28.8 Å². The van der Waals surface area contributed by atoms with Gasteiger partial charge in [-0.2, -0.15) is 0 Å². The molecule has 3 aromatic rings. The maximum absolute atomic E-state index is 13.4. The molecule has 4 nitrogen and oxygen atoms in total. The van der Waals surface area contributed by atoms with Gasteiger partial charge in [0.25, 0.3) is 0 Å². The fourth-order valence-corrected chi connectivity index (χ4v) is 3.00. The average molecular weight is 350 g/mol. The molecule has 0 fully saturated rings. The van der Waals surface area contributed by atoms with E-state index in [9.17, 15) is 4.39 Å². The molecule has 0 spiro atoms. The maximum Gasteiger partial charge on any atom is 0.166 e. The summed E-state index contributed by atoms with van der Waals surface area (Å²) in [6.07, 6.45) is 2.88. The van der Waals surface area contributed by atoms with Gasteiger partial charge in [-0.15, -0.1) is 11.3 Å². The lowest BCUT2D eigenvalue weighted by Crippen LogP contribution is -2.07. The summed E-state index contributed by atoms with van der Waals surface area (Å²) < 4.78 is 19.3. The second-order valence-electron chi connectivity index (χ2n) is 4.87. The monoisotopic (exact) mass is 349 g/mol. The van der Waals surface area contributed by atoms with Crippen molar-refractivity contribution in [2.75, 3.05) is 5.73 Å². The topological polar surface area (TPSA) is 61.0 Å². The van der Waals surface area contributed by atoms with Crippen LogP contribution in [0.15, 0.2) is 42.0 Å². The van der Waals surface area contributed by atoms with Gasteiger partial charge in [-0.3, -0.25) is 0 Å². The summed E-state index contributed by atoms with van der Waals surface area (Å²) in [7, 11) is 0. The van der Waals surface area contributed by atoms with Crippen LogP contribution >= 0.6 is 22.9 Å². The highest BCUT2D eigenvalue weighted by Crippen LogP contribution is 2.33. The summed E-state index contributed by atoms with van der Waals surface area (Å²) in [4.78, 5) is 8.37. The second kappa shape index (κ2) is 6.52. The fraction of sp³-hybridized carbons (Fsp3) is 0.125. The third-order valence-corrected chi connectivity index (χ3v) is 4.43. The summed E-state index contributed by atoms with van der Waals surface area (Å²) in [6, 6.07) is 5.92. The fourth-order valence-electron chi connectivity index (χ4n) is 2.11. The highest BCUT2D eigenvalue weighted by Gasteiger charge is 2.15. The number of rotatable bonds is 4. The quantitative estimate of drug-likeness (QED) is 0.740. The van der Waals surface area contributed by atoms with Crippen molar-refractivity contribution in [2.24, 2.45) is 0 Å². The van der Waals surface area contributed by atoms with E-state index in [4.69, 9.17) is 22.1 Å². The molecule has 3 rings (SSSR count). The van der Waals surface area contributed by atoms with Crippen molar-refractivity contribution in [3.05, 3.63) is 58.4 Å². The van der Waals surface area contributed by atoms with E-state index in [1.54, 1.807) is 25.4 Å². The van der Waals surface area contributed by atoms with Gasteiger partial charge in [-0.05, 0) is 31.2 Å². The van der Waals surface area contributed by atoms with Gasteiger partial charge in [0.1, 0.15) is 16.9 Å². The lowest BCUT2D eigenvalue weighted by Gasteiger charge is -2.17. The molecule has 0 amide bonds. The van der Waals surface area contributed by atoms with E-state index in [-0.39, 0.29) is 11.6 Å². The molecule has 23 heavy (non-hydrogen) atoms. The van der Waals surface area contributed by atoms with Gasteiger partial charge >= 0.3 is 0 Å². The summed E-state index contributed by atoms with van der Waals surface area (Å²) in [5.74, 6) is 0.290. The molecule has 1 unspecified atom stereocenters. The van der Waals surface area contributed by atoms with Crippen LogP contribution in [-0.2, 0) is 0 Å². The number of nitrogens with zero attached hydrogens (tertiary/aromatic N) is 2. The minimum absolute atomic E-state index is 0.254. The first-order valence-corrected chi connectivity index (χ1v) is 8.07. The molecule has 1 atom stereocenters. The van der Waals surface area contributed by atoms with Crippen LogP contribution in [0.25, 0.3) is 10.6 Å². The summed E-state index contributed by atoms with van der Waals surface area (Å²) in [5, 5.41) is 3.13. The number of hydrogen-bond donors (Lipinski definition) is 1. The Morgan fingerprint density at radius 1 is 1.30 bits per heavy atom. The van der Waals surface area contributed by atoms with Gasteiger partial charge in [0.15, 0.2) is 11.6 Å². The van der Waals surface area contributed by atoms with Crippen LogP contribution in [0.2, 0.25) is 5.02 Å². The number of nitrogen functional groups attached to an aromatic ring is 1. The Kier molecular flexibility index (Phi) is 4.45. The predicted octanol–water partition coefficient (Wildman–Crippen LogP) is 4.72. The van der Waals surface area contributed by atoms with Gasteiger partial charge in [0.05, 0.1) is 0 Å². The first kappa shape index (κ1) is 15.7. The SMILES string of the molecule is CC(Oc1cc(-c2nccs2)cnc1N)c1cc(F)ccc1Cl. The summed E-state index contributed by atoms with van der Waals surface area (Å²) in [6.45, 7) is 1.77. The normalized spacial score (nSPS) is 12.1. The Morgan fingerprint density at radius 2 is 2.13 bits per heavy atom. The third kappa shape index (κ3) is 3.43. The smallest absolute Gasteiger partial charge is 0.166 e. The highest BCUT2D eigenvalue weighted by atomic mass is 35.5. The molecule has 7 heteroatoms. The Balaban J connectivity index is 1.90. The zero-order valence-electron chi connectivity index (χ0n) is 12.2. The average Bonchev–Trinajstić information content (AvgIpc) is 3.06. The predicted molar refractivity (Wildman–Crippen MR) is 90.2 cm³/mol. The molecule has 0 radical (unpaired) electrons. The van der Waals surface area contributed by atoms with E-state index in [0.29, 0.717) is 16.3 Å². The molecule has 1 aromatic carbocycles. The molecule has 2 aromatic heterocycles. The Labute approximate surface area is 141 Å². The van der Waals surface area contributed by atoms with E-state index < -0.39 is 6.10 Å². The summed E-state index contributed by atoms with van der Waals surface area (Å²) >= 11 is 7.60. The molecular weight excluding hydrogens is 337 g/mol. The number of nitrogens with two attached hydrogens (primary N) is 1. The Morgan fingerprint density at radius 3 is 2.87 bits per heavy atom. The molecule has 0 saturated carbocycles. The van der Waals surface area contributed by atoms with Crippen molar-refractivity contribution in [1.29, 1.82) is 0 Å². The molecule has 2 N–H and O–H groups in total. The number of halogens is 2. The van der Waals surface area contributed by atoms with Crippen molar-refractivity contribution in [2.45, 2.75) is 13.0 Å². The minimum atomic E-state index is -0.478. The van der Waals surface area contributed by atoms with Gasteiger partial charge in [0.2, 0.25) is 0 Å². The van der Waals surface area contributed by atoms with Gasteiger partial charge in [-0.25, -0.2) is 14.4 Å². The lowest BCUT2D eigenvalue weighted by atomic mass is 10.1. The number of ether oxygens (including phenoxy) is 1. The van der Waals surface area contributed by atoms with E-state index in [1.165, 1.54) is 29.5 Å². The van der Waals surface area contributed by atoms with Crippen molar-refractivity contribution < 1.29 is 9.13 Å². The Hall–Kier alpha value is -2.18. The van der Waals surface area contributed by atoms with Gasteiger partial charge in [-0.1, -0.05) is 11.6 Å². The molecule has 0 saturated heterocycles. The standard InChI is InChI=1S/C16H13ClFN3OS/c1-9(12-7-11(18)2-3-13(12)17)22-14-6-10(8-21-15(14)19)16-20-4-5-23-16/h2-9H,1H3,(H2,19,21).